The van der Waals surface area contributed by atoms with E-state index < -0.39 is 29.2 Å². The molecule has 0 spiro atoms. The Morgan fingerprint density at radius 1 is 0.909 bits per heavy atom. The van der Waals surface area contributed by atoms with Crippen LogP contribution in [0.2, 0.25) is 0 Å². The second-order valence-corrected chi connectivity index (χ2v) is 5.55. The van der Waals surface area contributed by atoms with Crippen molar-refractivity contribution >= 4 is 11.6 Å². The summed E-state index contributed by atoms with van der Waals surface area (Å²) in [7, 11) is 0. The summed E-state index contributed by atoms with van der Waals surface area (Å²) in [6.07, 6.45) is -3.18. The zero-order valence-corrected chi connectivity index (χ0v) is 11.8. The molecule has 1 heterocycles. The molecule has 2 rings (SSSR count). The highest BCUT2D eigenvalue weighted by atomic mass is 19.4. The molecule has 0 amide bonds. The molecule has 1 saturated heterocycles. The number of ketones is 2. The molecule has 124 valence electrons. The molecular formula is C14H16F5NO2. The van der Waals surface area contributed by atoms with Gasteiger partial charge in [0.15, 0.2) is 5.78 Å². The number of carbonyl (C=O) groups excluding carboxylic acids is 2. The van der Waals surface area contributed by atoms with Gasteiger partial charge in [0.2, 0.25) is 5.78 Å². The molecule has 0 aromatic carbocycles. The predicted molar refractivity (Wildman–Crippen MR) is 67.3 cm³/mol. The van der Waals surface area contributed by atoms with E-state index in [1.54, 1.807) is 4.90 Å². The molecule has 0 atom stereocenters. The van der Waals surface area contributed by atoms with Crippen molar-refractivity contribution in [1.82, 2.24) is 4.90 Å². The summed E-state index contributed by atoms with van der Waals surface area (Å²) in [4.78, 5) is 25.2. The van der Waals surface area contributed by atoms with E-state index in [0.717, 1.165) is 19.3 Å². The van der Waals surface area contributed by atoms with Crippen molar-refractivity contribution in [3.63, 3.8) is 0 Å². The van der Waals surface area contributed by atoms with Gasteiger partial charge in [-0.25, -0.2) is 0 Å². The van der Waals surface area contributed by atoms with Crippen molar-refractivity contribution in [3.05, 3.63) is 11.3 Å². The summed E-state index contributed by atoms with van der Waals surface area (Å²) in [5, 5.41) is 0. The van der Waals surface area contributed by atoms with Crippen LogP contribution in [0.3, 0.4) is 0 Å². The number of hydrogen-bond donors (Lipinski definition) is 0. The van der Waals surface area contributed by atoms with Gasteiger partial charge in [-0.1, -0.05) is 0 Å². The number of hydrogen-bond acceptors (Lipinski definition) is 3. The fourth-order valence-corrected chi connectivity index (χ4v) is 2.85. The van der Waals surface area contributed by atoms with E-state index in [2.05, 4.69) is 0 Å². The van der Waals surface area contributed by atoms with Crippen LogP contribution in [0.5, 0.6) is 0 Å². The number of halogens is 5. The Kier molecular flexibility index (Phi) is 4.58. The Hall–Kier alpha value is -1.47. The van der Waals surface area contributed by atoms with Crippen molar-refractivity contribution in [1.29, 1.82) is 0 Å². The fraction of sp³-hybridized carbons (Fsp3) is 0.714. The molecule has 22 heavy (non-hydrogen) atoms. The van der Waals surface area contributed by atoms with Crippen LogP contribution in [0, 0.1) is 0 Å². The third-order valence-electron chi connectivity index (χ3n) is 3.99. The number of carbonyl (C=O) groups is 2. The van der Waals surface area contributed by atoms with Crippen molar-refractivity contribution in [2.75, 3.05) is 13.1 Å². The van der Waals surface area contributed by atoms with E-state index in [0.29, 0.717) is 19.5 Å². The maximum Gasteiger partial charge on any atom is 0.461 e. The van der Waals surface area contributed by atoms with Crippen LogP contribution in [0.1, 0.15) is 38.5 Å². The van der Waals surface area contributed by atoms with Gasteiger partial charge < -0.3 is 4.90 Å². The number of piperidine rings is 1. The molecular weight excluding hydrogens is 309 g/mol. The normalized spacial score (nSPS) is 21.3. The van der Waals surface area contributed by atoms with Gasteiger partial charge >= 0.3 is 12.1 Å². The summed E-state index contributed by atoms with van der Waals surface area (Å²) in [5.41, 5.74) is -0.889. The Labute approximate surface area is 124 Å². The molecule has 0 N–H and O–H groups in total. The molecule has 8 heteroatoms. The minimum absolute atomic E-state index is 0.0601. The molecule has 1 aliphatic carbocycles. The lowest BCUT2D eigenvalue weighted by Gasteiger charge is -2.35. The van der Waals surface area contributed by atoms with Crippen molar-refractivity contribution < 1.29 is 31.5 Å². The van der Waals surface area contributed by atoms with Gasteiger partial charge in [-0.2, -0.15) is 22.0 Å². The zero-order valence-electron chi connectivity index (χ0n) is 11.8. The number of Topliss-reactive ketones (excluding diaryl/α,β-unsaturated/α-hetero) is 2. The minimum atomic E-state index is -6.00. The van der Waals surface area contributed by atoms with Crippen molar-refractivity contribution in [2.24, 2.45) is 0 Å². The first kappa shape index (κ1) is 16.9. The first-order valence-electron chi connectivity index (χ1n) is 7.17. The first-order valence-corrected chi connectivity index (χ1v) is 7.17. The van der Waals surface area contributed by atoms with E-state index in [1.165, 1.54) is 0 Å². The third-order valence-corrected chi connectivity index (χ3v) is 3.99. The van der Waals surface area contributed by atoms with Gasteiger partial charge in [-0.05, 0) is 32.1 Å². The summed E-state index contributed by atoms with van der Waals surface area (Å²) in [6, 6.07) is 0. The fourth-order valence-electron chi connectivity index (χ4n) is 2.85. The van der Waals surface area contributed by atoms with Crippen LogP contribution in [-0.4, -0.2) is 41.7 Å². The van der Waals surface area contributed by atoms with E-state index in [-0.39, 0.29) is 18.5 Å². The largest absolute Gasteiger partial charge is 0.461 e. The van der Waals surface area contributed by atoms with Crippen LogP contribution in [0.15, 0.2) is 11.3 Å². The molecule has 1 aliphatic heterocycles. The van der Waals surface area contributed by atoms with Gasteiger partial charge in [-0.15, -0.1) is 0 Å². The lowest BCUT2D eigenvalue weighted by Crippen LogP contribution is -2.47. The molecule has 2 aliphatic rings. The Bertz CT molecular complexity index is 504. The van der Waals surface area contributed by atoms with Gasteiger partial charge in [0.1, 0.15) is 0 Å². The lowest BCUT2D eigenvalue weighted by molar-refractivity contribution is -0.266. The molecule has 3 nitrogen and oxygen atoms in total. The summed E-state index contributed by atoms with van der Waals surface area (Å²) in [6.45, 7) is 0.938. The average molecular weight is 325 g/mol. The van der Waals surface area contributed by atoms with Crippen molar-refractivity contribution in [2.45, 2.75) is 50.6 Å². The van der Waals surface area contributed by atoms with Crippen LogP contribution in [0.25, 0.3) is 0 Å². The third kappa shape index (κ3) is 3.01. The molecule has 0 aromatic rings. The number of alkyl halides is 5. The van der Waals surface area contributed by atoms with Crippen LogP contribution < -0.4 is 0 Å². The van der Waals surface area contributed by atoms with E-state index in [9.17, 15) is 31.5 Å². The van der Waals surface area contributed by atoms with Gasteiger partial charge in [0.05, 0.1) is 5.57 Å². The minimum Gasteiger partial charge on any atom is -0.374 e. The van der Waals surface area contributed by atoms with Gasteiger partial charge in [-0.3, -0.25) is 9.59 Å². The van der Waals surface area contributed by atoms with Gasteiger partial charge in [0, 0.05) is 25.2 Å². The molecule has 0 aromatic heterocycles. The highest BCUT2D eigenvalue weighted by Crippen LogP contribution is 2.40. The molecule has 0 unspecified atom stereocenters. The summed E-state index contributed by atoms with van der Waals surface area (Å²) in [5.74, 6) is -8.86. The standard InChI is InChI=1S/C14H16F5NO2/c15-13(16,14(17,18)19)12(22)11-9(5-4-6-10(11)21)20-7-2-1-3-8-20/h1-8H2. The van der Waals surface area contributed by atoms with Gasteiger partial charge in [0.25, 0.3) is 0 Å². The lowest BCUT2D eigenvalue weighted by atomic mass is 9.88. The maximum atomic E-state index is 13.3. The average Bonchev–Trinajstić information content (AvgIpc) is 2.46. The Morgan fingerprint density at radius 3 is 2.05 bits per heavy atom. The second-order valence-electron chi connectivity index (χ2n) is 5.55. The Morgan fingerprint density at radius 2 is 1.50 bits per heavy atom. The van der Waals surface area contributed by atoms with E-state index >= 15 is 0 Å². The van der Waals surface area contributed by atoms with E-state index in [4.69, 9.17) is 0 Å². The number of allylic oxidation sites excluding steroid dienone is 2. The first-order chi connectivity index (χ1) is 10.2. The number of rotatable bonds is 3. The number of likely N-dealkylation sites (tertiary alicyclic amines) is 1. The highest BCUT2D eigenvalue weighted by Gasteiger charge is 2.64. The smallest absolute Gasteiger partial charge is 0.374 e. The highest BCUT2D eigenvalue weighted by molar-refractivity contribution is 6.23. The van der Waals surface area contributed by atoms with Crippen LogP contribution >= 0.6 is 0 Å². The molecule has 0 saturated carbocycles. The molecule has 1 fully saturated rings. The molecule has 0 bridgehead atoms. The second kappa shape index (κ2) is 5.96. The zero-order chi connectivity index (χ0) is 16.5. The SMILES string of the molecule is O=C1CCCC(N2CCCCC2)=C1C(=O)C(F)(F)C(F)(F)F. The van der Waals surface area contributed by atoms with Crippen molar-refractivity contribution in [3.8, 4) is 0 Å². The topological polar surface area (TPSA) is 37.4 Å². The van der Waals surface area contributed by atoms with E-state index in [1.807, 2.05) is 0 Å². The monoisotopic (exact) mass is 325 g/mol. The quantitative estimate of drug-likeness (QED) is 0.590. The predicted octanol–water partition coefficient (Wildman–Crippen LogP) is 3.25. The van der Waals surface area contributed by atoms with Crippen LogP contribution in [-0.2, 0) is 9.59 Å². The Balaban J connectivity index is 2.43. The number of nitrogens with zero attached hydrogens (tertiary/aromatic N) is 1. The summed E-state index contributed by atoms with van der Waals surface area (Å²) < 4.78 is 63.9. The van der Waals surface area contributed by atoms with Crippen LogP contribution in [0.4, 0.5) is 22.0 Å². The maximum absolute atomic E-state index is 13.3. The summed E-state index contributed by atoms with van der Waals surface area (Å²) >= 11 is 0. The molecule has 0 radical (unpaired) electrons.